The molecule has 0 spiro atoms. The maximum atomic E-state index is 12.5. The smallest absolute Gasteiger partial charge is 0.407 e. The number of unbranched alkanes of at least 4 members (excludes halogenated alkanes) is 1. The van der Waals surface area contributed by atoms with Crippen molar-refractivity contribution in [2.75, 3.05) is 13.2 Å². The summed E-state index contributed by atoms with van der Waals surface area (Å²) < 4.78 is 5.52. The van der Waals surface area contributed by atoms with Gasteiger partial charge in [0, 0.05) is 12.5 Å². The normalized spacial score (nSPS) is 14.0. The van der Waals surface area contributed by atoms with Gasteiger partial charge in [-0.15, -0.1) is 0 Å². The number of amides is 2. The van der Waals surface area contributed by atoms with Crippen LogP contribution in [0.25, 0.3) is 11.1 Å². The number of carboxylic acid groups (broad SMARTS) is 1. The molecule has 0 saturated heterocycles. The third-order valence-corrected chi connectivity index (χ3v) is 5.72. The Bertz CT molecular complexity index is 947. The zero-order valence-corrected chi connectivity index (χ0v) is 18.6. The molecule has 2 aromatic rings. The van der Waals surface area contributed by atoms with E-state index in [4.69, 9.17) is 9.84 Å². The minimum atomic E-state index is -1.20. The predicted octanol–water partition coefficient (Wildman–Crippen LogP) is 3.04. The van der Waals surface area contributed by atoms with Crippen molar-refractivity contribution in [3.63, 3.8) is 0 Å². The van der Waals surface area contributed by atoms with Crippen LogP contribution in [-0.2, 0) is 14.3 Å². The van der Waals surface area contributed by atoms with Crippen LogP contribution in [0.1, 0.15) is 49.7 Å². The van der Waals surface area contributed by atoms with Gasteiger partial charge in [-0.1, -0.05) is 68.3 Å². The summed E-state index contributed by atoms with van der Waals surface area (Å²) in [6.45, 7) is 1.90. The van der Waals surface area contributed by atoms with Gasteiger partial charge in [-0.05, 0) is 28.7 Å². The van der Waals surface area contributed by atoms with Gasteiger partial charge in [0.25, 0.3) is 0 Å². The second kappa shape index (κ2) is 11.5. The highest BCUT2D eigenvalue weighted by molar-refractivity contribution is 5.85. The average Bonchev–Trinajstić information content (AvgIpc) is 3.12. The van der Waals surface area contributed by atoms with Gasteiger partial charge < -0.3 is 25.6 Å². The van der Waals surface area contributed by atoms with E-state index in [9.17, 15) is 19.5 Å². The summed E-state index contributed by atoms with van der Waals surface area (Å²) in [5.74, 6) is -1.73. The minimum absolute atomic E-state index is 0.0859. The molecule has 1 aliphatic rings. The zero-order chi connectivity index (χ0) is 23.8. The number of benzene rings is 2. The van der Waals surface area contributed by atoms with Crippen LogP contribution < -0.4 is 10.6 Å². The van der Waals surface area contributed by atoms with Crippen molar-refractivity contribution < 1.29 is 29.3 Å². The number of aliphatic hydroxyl groups is 1. The molecule has 0 heterocycles. The van der Waals surface area contributed by atoms with E-state index in [1.807, 2.05) is 43.3 Å². The van der Waals surface area contributed by atoms with E-state index in [2.05, 4.69) is 22.8 Å². The molecule has 176 valence electrons. The lowest BCUT2D eigenvalue weighted by molar-refractivity contribution is -0.139. The molecule has 1 aliphatic carbocycles. The third-order valence-electron chi connectivity index (χ3n) is 5.72. The van der Waals surface area contributed by atoms with Crippen LogP contribution >= 0.6 is 0 Å². The van der Waals surface area contributed by atoms with Crippen LogP contribution in [0.2, 0.25) is 0 Å². The molecular weight excluding hydrogens is 424 g/mol. The Hall–Kier alpha value is -3.39. The van der Waals surface area contributed by atoms with Gasteiger partial charge in [0.15, 0.2) is 0 Å². The van der Waals surface area contributed by atoms with Gasteiger partial charge in [-0.25, -0.2) is 4.79 Å². The number of aliphatic hydroxyl groups excluding tert-OH is 1. The highest BCUT2D eigenvalue weighted by atomic mass is 16.5. The van der Waals surface area contributed by atoms with Gasteiger partial charge in [0.1, 0.15) is 12.6 Å². The Balaban J connectivity index is 1.59. The van der Waals surface area contributed by atoms with E-state index in [1.54, 1.807) is 0 Å². The summed E-state index contributed by atoms with van der Waals surface area (Å²) >= 11 is 0. The van der Waals surface area contributed by atoms with Crippen LogP contribution in [0, 0.1) is 0 Å². The molecule has 1 unspecified atom stereocenters. The summed E-state index contributed by atoms with van der Waals surface area (Å²) in [5, 5.41) is 23.5. The monoisotopic (exact) mass is 454 g/mol. The van der Waals surface area contributed by atoms with Crippen LogP contribution in [-0.4, -0.2) is 53.5 Å². The zero-order valence-electron chi connectivity index (χ0n) is 18.6. The maximum Gasteiger partial charge on any atom is 0.407 e. The highest BCUT2D eigenvalue weighted by Crippen LogP contribution is 2.44. The van der Waals surface area contributed by atoms with Crippen molar-refractivity contribution in [2.45, 2.75) is 50.7 Å². The number of aliphatic carboxylic acids is 1. The summed E-state index contributed by atoms with van der Waals surface area (Å²) in [4.78, 5) is 35.7. The first-order valence-corrected chi connectivity index (χ1v) is 11.2. The van der Waals surface area contributed by atoms with Crippen molar-refractivity contribution in [3.05, 3.63) is 59.7 Å². The van der Waals surface area contributed by atoms with Crippen LogP contribution in [0.15, 0.2) is 48.5 Å². The average molecular weight is 455 g/mol. The number of hydrogen-bond acceptors (Lipinski definition) is 5. The number of hydrogen-bond donors (Lipinski definition) is 4. The number of carbonyl (C=O) groups excluding carboxylic acids is 2. The molecule has 8 heteroatoms. The minimum Gasteiger partial charge on any atom is -0.481 e. The second-order valence-electron chi connectivity index (χ2n) is 8.16. The lowest BCUT2D eigenvalue weighted by Crippen LogP contribution is -2.48. The Labute approximate surface area is 193 Å². The van der Waals surface area contributed by atoms with Crippen LogP contribution in [0.3, 0.4) is 0 Å². The summed E-state index contributed by atoms with van der Waals surface area (Å²) in [6, 6.07) is 15.2. The molecule has 8 nitrogen and oxygen atoms in total. The first kappa shape index (κ1) is 24.3. The highest BCUT2D eigenvalue weighted by Gasteiger charge is 2.29. The molecule has 4 N–H and O–H groups in total. The molecule has 2 atom stereocenters. The van der Waals surface area contributed by atoms with Crippen molar-refractivity contribution in [1.82, 2.24) is 10.6 Å². The molecule has 33 heavy (non-hydrogen) atoms. The molecule has 0 fully saturated rings. The van der Waals surface area contributed by atoms with Crippen LogP contribution in [0.5, 0.6) is 0 Å². The summed E-state index contributed by atoms with van der Waals surface area (Å²) in [6.07, 6.45) is -0.426. The number of carbonyl (C=O) groups is 3. The number of carboxylic acids is 1. The predicted molar refractivity (Wildman–Crippen MR) is 123 cm³/mol. The summed E-state index contributed by atoms with van der Waals surface area (Å²) in [7, 11) is 0. The SMILES string of the molecule is CCCC[C@H](NC(=O)OCC1c2ccccc2-c2ccccc21)C(=O)NCC(O)CC(=O)O. The second-order valence-corrected chi connectivity index (χ2v) is 8.16. The van der Waals surface area contributed by atoms with E-state index in [0.29, 0.717) is 12.8 Å². The van der Waals surface area contributed by atoms with Gasteiger partial charge >= 0.3 is 12.1 Å². The Morgan fingerprint density at radius 3 is 2.21 bits per heavy atom. The third kappa shape index (κ3) is 6.32. The quantitative estimate of drug-likeness (QED) is 0.414. The molecular formula is C25H30N2O6. The molecule has 2 aromatic carbocycles. The largest absolute Gasteiger partial charge is 0.481 e. The lowest BCUT2D eigenvalue weighted by atomic mass is 9.98. The first-order chi connectivity index (χ1) is 15.9. The Morgan fingerprint density at radius 1 is 1.03 bits per heavy atom. The van der Waals surface area contributed by atoms with Gasteiger partial charge in [0.05, 0.1) is 12.5 Å². The van der Waals surface area contributed by atoms with E-state index in [1.165, 1.54) is 0 Å². The molecule has 0 aromatic heterocycles. The van der Waals surface area contributed by atoms with Gasteiger partial charge in [-0.3, -0.25) is 9.59 Å². The standard InChI is InChI=1S/C25H30N2O6/c1-2-3-12-22(24(31)26-14-16(28)13-23(29)30)27-25(32)33-15-21-19-10-6-4-8-17(19)18-9-5-7-11-20(18)21/h4-11,16,21-22,28H,2-3,12-15H2,1H3,(H,26,31)(H,27,32)(H,29,30)/t16?,22-/m0/s1. The topological polar surface area (TPSA) is 125 Å². The molecule has 0 aliphatic heterocycles. The van der Waals surface area contributed by atoms with E-state index >= 15 is 0 Å². The Kier molecular flexibility index (Phi) is 8.43. The van der Waals surface area contributed by atoms with Crippen LogP contribution in [0.4, 0.5) is 4.79 Å². The first-order valence-electron chi connectivity index (χ1n) is 11.2. The number of ether oxygens (including phenoxy) is 1. The van der Waals surface area contributed by atoms with Gasteiger partial charge in [0.2, 0.25) is 5.91 Å². The molecule has 0 radical (unpaired) electrons. The van der Waals surface area contributed by atoms with E-state index in [0.717, 1.165) is 28.7 Å². The van der Waals surface area contributed by atoms with Gasteiger partial charge in [-0.2, -0.15) is 0 Å². The molecule has 2 amide bonds. The number of fused-ring (bicyclic) bond motifs is 3. The van der Waals surface area contributed by atoms with Crippen molar-refractivity contribution in [2.24, 2.45) is 0 Å². The molecule has 3 rings (SSSR count). The fourth-order valence-electron chi connectivity index (χ4n) is 4.07. The fraction of sp³-hybridized carbons (Fsp3) is 0.400. The molecule has 0 saturated carbocycles. The summed E-state index contributed by atoms with van der Waals surface area (Å²) in [5.41, 5.74) is 4.45. The Morgan fingerprint density at radius 2 is 1.64 bits per heavy atom. The molecule has 0 bridgehead atoms. The number of nitrogens with one attached hydrogen (secondary N) is 2. The van der Waals surface area contributed by atoms with Crippen molar-refractivity contribution in [3.8, 4) is 11.1 Å². The van der Waals surface area contributed by atoms with E-state index in [-0.39, 0.29) is 19.1 Å². The lowest BCUT2D eigenvalue weighted by Gasteiger charge is -2.20. The maximum absolute atomic E-state index is 12.5. The van der Waals surface area contributed by atoms with Crippen molar-refractivity contribution >= 4 is 18.0 Å². The fourth-order valence-corrected chi connectivity index (χ4v) is 4.07. The van der Waals surface area contributed by atoms with Crippen molar-refractivity contribution in [1.29, 1.82) is 0 Å². The number of rotatable bonds is 11. The number of alkyl carbamates (subject to hydrolysis) is 1. The van der Waals surface area contributed by atoms with E-state index < -0.39 is 36.5 Å².